The molecule has 28 heavy (non-hydrogen) atoms. The number of benzene rings is 1. The van der Waals surface area contributed by atoms with Crippen molar-refractivity contribution in [2.75, 3.05) is 53.5 Å². The Bertz CT molecular complexity index is 652. The molecule has 9 nitrogen and oxygen atoms in total. The van der Waals surface area contributed by atoms with Gasteiger partial charge in [0.15, 0.2) is 5.96 Å². The van der Waals surface area contributed by atoms with Gasteiger partial charge in [0.1, 0.15) is 18.1 Å². The van der Waals surface area contributed by atoms with Crippen LogP contribution in [0.1, 0.15) is 6.92 Å². The highest BCUT2D eigenvalue weighted by atomic mass is 127. The molecule has 0 unspecified atom stereocenters. The summed E-state index contributed by atoms with van der Waals surface area (Å²) < 4.78 is 10.9. The second-order valence-corrected chi connectivity index (χ2v) is 5.89. The van der Waals surface area contributed by atoms with E-state index in [1.807, 2.05) is 43.1 Å². The van der Waals surface area contributed by atoms with E-state index < -0.39 is 0 Å². The molecule has 2 rings (SSSR count). The number of hydrogen-bond acceptors (Lipinski definition) is 5. The predicted molar refractivity (Wildman–Crippen MR) is 118 cm³/mol. The monoisotopic (exact) mass is 505 g/mol. The van der Waals surface area contributed by atoms with E-state index in [1.54, 1.807) is 7.11 Å². The van der Waals surface area contributed by atoms with E-state index in [9.17, 15) is 9.59 Å². The standard InChI is InChI=1S/C18H27N5O4.HI/c1-4-19-17(20-9-10-23-16(24)13-21-18(23)25)22(2)11-12-27-15-7-5-14(26-3)6-8-15;/h5-8H,4,9-13H2,1-3H3,(H,19,20)(H,21,25);1H. The van der Waals surface area contributed by atoms with Crippen molar-refractivity contribution in [3.05, 3.63) is 24.3 Å². The summed E-state index contributed by atoms with van der Waals surface area (Å²) in [6, 6.07) is 7.05. The molecule has 0 saturated carbocycles. The van der Waals surface area contributed by atoms with Crippen LogP contribution in [0, 0.1) is 0 Å². The predicted octanol–water partition coefficient (Wildman–Crippen LogP) is 1.14. The summed E-state index contributed by atoms with van der Waals surface area (Å²) in [5, 5.41) is 5.69. The molecule has 0 spiro atoms. The molecule has 1 heterocycles. The van der Waals surface area contributed by atoms with Crippen molar-refractivity contribution in [3.8, 4) is 11.5 Å². The number of nitrogens with one attached hydrogen (secondary N) is 2. The van der Waals surface area contributed by atoms with Gasteiger partial charge in [-0.25, -0.2) is 4.79 Å². The fraction of sp³-hybridized carbons (Fsp3) is 0.500. The molecule has 1 aliphatic rings. The van der Waals surface area contributed by atoms with Crippen molar-refractivity contribution < 1.29 is 19.1 Å². The van der Waals surface area contributed by atoms with Crippen molar-refractivity contribution in [3.63, 3.8) is 0 Å². The number of hydrogen-bond donors (Lipinski definition) is 2. The summed E-state index contributed by atoms with van der Waals surface area (Å²) in [6.07, 6.45) is 0. The van der Waals surface area contributed by atoms with Crippen LogP contribution in [-0.2, 0) is 4.79 Å². The highest BCUT2D eigenvalue weighted by molar-refractivity contribution is 14.0. The lowest BCUT2D eigenvalue weighted by Gasteiger charge is -2.22. The number of rotatable bonds is 9. The summed E-state index contributed by atoms with van der Waals surface area (Å²) in [4.78, 5) is 30.7. The second-order valence-electron chi connectivity index (χ2n) is 5.89. The van der Waals surface area contributed by atoms with Gasteiger partial charge >= 0.3 is 6.03 Å². The van der Waals surface area contributed by atoms with E-state index in [0.717, 1.165) is 11.5 Å². The van der Waals surface area contributed by atoms with Gasteiger partial charge in [0.05, 0.1) is 33.3 Å². The van der Waals surface area contributed by atoms with E-state index in [1.165, 1.54) is 4.90 Å². The third kappa shape index (κ3) is 7.06. The maximum absolute atomic E-state index is 11.6. The topological polar surface area (TPSA) is 95.5 Å². The van der Waals surface area contributed by atoms with Gasteiger partial charge in [-0.2, -0.15) is 0 Å². The molecule has 1 fully saturated rings. The maximum atomic E-state index is 11.6. The van der Waals surface area contributed by atoms with Gasteiger partial charge in [-0.15, -0.1) is 24.0 Å². The summed E-state index contributed by atoms with van der Waals surface area (Å²) >= 11 is 0. The molecular weight excluding hydrogens is 477 g/mol. The number of methoxy groups -OCH3 is 1. The van der Waals surface area contributed by atoms with Crippen LogP contribution in [0.15, 0.2) is 29.3 Å². The van der Waals surface area contributed by atoms with Crippen LogP contribution < -0.4 is 20.1 Å². The normalized spacial score (nSPS) is 13.7. The summed E-state index contributed by atoms with van der Waals surface area (Å²) in [7, 11) is 3.53. The molecule has 0 atom stereocenters. The highest BCUT2D eigenvalue weighted by Gasteiger charge is 2.27. The van der Waals surface area contributed by atoms with Crippen molar-refractivity contribution >= 4 is 41.9 Å². The van der Waals surface area contributed by atoms with Gasteiger partial charge in [0, 0.05) is 13.6 Å². The molecule has 0 bridgehead atoms. The van der Waals surface area contributed by atoms with Gasteiger partial charge < -0.3 is 25.0 Å². The van der Waals surface area contributed by atoms with Crippen molar-refractivity contribution in [1.29, 1.82) is 0 Å². The molecule has 0 radical (unpaired) electrons. The number of carbonyl (C=O) groups is 2. The van der Waals surface area contributed by atoms with Crippen molar-refractivity contribution in [2.45, 2.75) is 6.92 Å². The summed E-state index contributed by atoms with van der Waals surface area (Å²) in [6.45, 7) is 4.47. The lowest BCUT2D eigenvalue weighted by Crippen LogP contribution is -2.41. The lowest BCUT2D eigenvalue weighted by molar-refractivity contribution is -0.124. The number of imide groups is 1. The molecule has 2 N–H and O–H groups in total. The van der Waals surface area contributed by atoms with Crippen molar-refractivity contribution in [2.24, 2.45) is 4.99 Å². The molecule has 1 aromatic carbocycles. The molecule has 0 aromatic heterocycles. The molecule has 1 aromatic rings. The minimum absolute atomic E-state index is 0. The first-order valence-electron chi connectivity index (χ1n) is 8.89. The third-order valence-corrected chi connectivity index (χ3v) is 3.97. The van der Waals surface area contributed by atoms with Crippen LogP contribution in [0.2, 0.25) is 0 Å². The molecule has 0 aliphatic carbocycles. The van der Waals surface area contributed by atoms with Crippen LogP contribution in [0.5, 0.6) is 11.5 Å². The lowest BCUT2D eigenvalue weighted by atomic mass is 10.3. The van der Waals surface area contributed by atoms with Gasteiger partial charge in [0.2, 0.25) is 5.91 Å². The van der Waals surface area contributed by atoms with E-state index >= 15 is 0 Å². The number of nitrogens with zero attached hydrogens (tertiary/aromatic N) is 3. The summed E-state index contributed by atoms with van der Waals surface area (Å²) in [5.41, 5.74) is 0. The first-order valence-corrected chi connectivity index (χ1v) is 8.89. The Morgan fingerprint density at radius 3 is 2.54 bits per heavy atom. The number of guanidine groups is 1. The van der Waals surface area contributed by atoms with E-state index in [0.29, 0.717) is 32.2 Å². The molecule has 10 heteroatoms. The SMILES string of the molecule is CCNC(=NCCN1C(=O)CNC1=O)N(C)CCOc1ccc(OC)cc1.I. The van der Waals surface area contributed by atoms with Crippen LogP contribution in [0.3, 0.4) is 0 Å². The van der Waals surface area contributed by atoms with Crippen molar-refractivity contribution in [1.82, 2.24) is 20.4 Å². The molecule has 3 amide bonds. The van der Waals surface area contributed by atoms with Gasteiger partial charge in [0.25, 0.3) is 0 Å². The number of amides is 3. The average molecular weight is 505 g/mol. The summed E-state index contributed by atoms with van der Waals surface area (Å²) in [5.74, 6) is 2.03. The van der Waals surface area contributed by atoms with Crippen LogP contribution >= 0.6 is 24.0 Å². The Kier molecular flexibility index (Phi) is 10.4. The second kappa shape index (κ2) is 12.3. The van der Waals surface area contributed by atoms with E-state index in [2.05, 4.69) is 15.6 Å². The van der Waals surface area contributed by atoms with E-state index in [4.69, 9.17) is 9.47 Å². The Morgan fingerprint density at radius 2 is 1.96 bits per heavy atom. The number of aliphatic imine (C=N–C) groups is 1. The first kappa shape index (κ1) is 23.8. The highest BCUT2D eigenvalue weighted by Crippen LogP contribution is 2.16. The van der Waals surface area contributed by atoms with Crippen LogP contribution in [0.25, 0.3) is 0 Å². The fourth-order valence-electron chi connectivity index (χ4n) is 2.49. The quantitative estimate of drug-likeness (QED) is 0.226. The minimum atomic E-state index is -0.360. The smallest absolute Gasteiger partial charge is 0.324 e. The zero-order chi connectivity index (χ0) is 19.6. The zero-order valence-corrected chi connectivity index (χ0v) is 18.8. The average Bonchev–Trinajstić information content (AvgIpc) is 2.99. The molecule has 1 saturated heterocycles. The van der Waals surface area contributed by atoms with Crippen LogP contribution in [-0.4, -0.2) is 81.2 Å². The number of ether oxygens (including phenoxy) is 2. The Labute approximate surface area is 182 Å². The van der Waals surface area contributed by atoms with E-state index in [-0.39, 0.29) is 49.0 Å². The molecular formula is C18H28IN5O4. The third-order valence-electron chi connectivity index (χ3n) is 3.97. The van der Waals surface area contributed by atoms with Gasteiger partial charge in [-0.05, 0) is 31.2 Å². The number of likely N-dealkylation sites (N-methyl/N-ethyl adjacent to an activating group) is 1. The number of urea groups is 1. The first-order chi connectivity index (χ1) is 13.0. The molecule has 156 valence electrons. The maximum Gasteiger partial charge on any atom is 0.324 e. The number of carbonyl (C=O) groups excluding carboxylic acids is 2. The number of halogens is 1. The zero-order valence-electron chi connectivity index (χ0n) is 16.4. The largest absolute Gasteiger partial charge is 0.497 e. The van der Waals surface area contributed by atoms with Gasteiger partial charge in [-0.1, -0.05) is 0 Å². The van der Waals surface area contributed by atoms with Crippen LogP contribution in [0.4, 0.5) is 4.79 Å². The Balaban J connectivity index is 0.00000392. The Morgan fingerprint density at radius 1 is 1.29 bits per heavy atom. The fourth-order valence-corrected chi connectivity index (χ4v) is 2.49. The molecule has 1 aliphatic heterocycles. The van der Waals surface area contributed by atoms with Gasteiger partial charge in [-0.3, -0.25) is 14.7 Å². The minimum Gasteiger partial charge on any atom is -0.497 e. The Hall–Kier alpha value is -2.24.